The van der Waals surface area contributed by atoms with Crippen molar-refractivity contribution in [3.05, 3.63) is 59.7 Å². The summed E-state index contributed by atoms with van der Waals surface area (Å²) >= 11 is 0. The largest absolute Gasteiger partial charge is 0.435 e. The van der Waals surface area contributed by atoms with Crippen LogP contribution in [-0.4, -0.2) is 36.3 Å². The highest BCUT2D eigenvalue weighted by molar-refractivity contribution is 6.09. The molecule has 1 aliphatic rings. The molecule has 1 unspecified atom stereocenters. The Morgan fingerprint density at radius 2 is 1.94 bits per heavy atom. The van der Waals surface area contributed by atoms with E-state index in [4.69, 9.17) is 5.73 Å². The number of benzene rings is 2. The lowest BCUT2D eigenvalue weighted by atomic mass is 9.82. The highest BCUT2D eigenvalue weighted by Crippen LogP contribution is 2.40. The van der Waals surface area contributed by atoms with Gasteiger partial charge in [0.05, 0.1) is 0 Å². The van der Waals surface area contributed by atoms with Gasteiger partial charge in [-0.15, -0.1) is 0 Å². The molecule has 9 heteroatoms. The van der Waals surface area contributed by atoms with E-state index >= 15 is 0 Å². The van der Waals surface area contributed by atoms with Crippen LogP contribution < -0.4 is 15.8 Å². The van der Waals surface area contributed by atoms with Gasteiger partial charge >= 0.3 is 6.61 Å². The molecule has 0 fully saturated rings. The molecule has 0 aromatic heterocycles. The Bertz CT molecular complexity index is 995. The Labute approximate surface area is 178 Å². The van der Waals surface area contributed by atoms with Gasteiger partial charge in [0.25, 0.3) is 5.91 Å². The fourth-order valence-corrected chi connectivity index (χ4v) is 3.44. The molecule has 1 atom stereocenters. The van der Waals surface area contributed by atoms with Crippen molar-refractivity contribution in [3.63, 3.8) is 0 Å². The fourth-order valence-electron chi connectivity index (χ4n) is 3.44. The third-order valence-corrected chi connectivity index (χ3v) is 5.06. The van der Waals surface area contributed by atoms with E-state index in [0.717, 1.165) is 12.8 Å². The minimum Gasteiger partial charge on any atom is -0.435 e. The van der Waals surface area contributed by atoms with Gasteiger partial charge in [-0.05, 0) is 41.8 Å². The van der Waals surface area contributed by atoms with Crippen molar-refractivity contribution in [1.29, 1.82) is 0 Å². The van der Waals surface area contributed by atoms with Crippen LogP contribution in [0.25, 0.3) is 0 Å². The SMILES string of the molecule is CCCCC(=O)Nc1cccc(C2(c3ccc(OC(F)F)cc3)N=C(N)N(C)C2=O)c1. The first-order valence-corrected chi connectivity index (χ1v) is 9.87. The van der Waals surface area contributed by atoms with E-state index in [-0.39, 0.29) is 17.6 Å². The molecule has 2 aromatic carbocycles. The molecule has 0 aliphatic carbocycles. The number of hydrogen-bond acceptors (Lipinski definition) is 5. The summed E-state index contributed by atoms with van der Waals surface area (Å²) in [5, 5.41) is 2.83. The number of nitrogens with two attached hydrogens (primary N) is 1. The number of nitrogens with zero attached hydrogens (tertiary/aromatic N) is 2. The van der Waals surface area contributed by atoms with E-state index in [1.54, 1.807) is 24.3 Å². The first kappa shape index (κ1) is 22.2. The number of alkyl halides is 2. The van der Waals surface area contributed by atoms with Gasteiger partial charge in [0.1, 0.15) is 5.75 Å². The predicted octanol–water partition coefficient (Wildman–Crippen LogP) is 3.45. The molecule has 2 amide bonds. The number of guanidine groups is 1. The molecule has 3 rings (SSSR count). The van der Waals surface area contributed by atoms with E-state index in [9.17, 15) is 18.4 Å². The Balaban J connectivity index is 2.03. The van der Waals surface area contributed by atoms with Crippen LogP contribution in [0.5, 0.6) is 5.75 Å². The maximum atomic E-state index is 13.3. The summed E-state index contributed by atoms with van der Waals surface area (Å²) in [6, 6.07) is 12.5. The number of rotatable bonds is 8. The van der Waals surface area contributed by atoms with Crippen LogP contribution >= 0.6 is 0 Å². The molecule has 2 aromatic rings. The number of likely N-dealkylation sites (N-methyl/N-ethyl adjacent to an activating group) is 1. The summed E-state index contributed by atoms with van der Waals surface area (Å²) in [7, 11) is 1.51. The maximum absolute atomic E-state index is 13.3. The van der Waals surface area contributed by atoms with Crippen LogP contribution in [0.15, 0.2) is 53.5 Å². The van der Waals surface area contributed by atoms with Crippen molar-refractivity contribution >= 4 is 23.5 Å². The van der Waals surface area contributed by atoms with Gasteiger partial charge in [0.15, 0.2) is 11.5 Å². The van der Waals surface area contributed by atoms with Crippen LogP contribution in [-0.2, 0) is 15.1 Å². The molecule has 1 aliphatic heterocycles. The van der Waals surface area contributed by atoms with Crippen LogP contribution in [0.4, 0.5) is 14.5 Å². The molecule has 0 radical (unpaired) electrons. The Hall–Kier alpha value is -3.49. The molecule has 7 nitrogen and oxygen atoms in total. The topological polar surface area (TPSA) is 97.0 Å². The van der Waals surface area contributed by atoms with E-state index in [1.165, 1.54) is 36.2 Å². The lowest BCUT2D eigenvalue weighted by Gasteiger charge is -2.26. The summed E-state index contributed by atoms with van der Waals surface area (Å²) in [6.07, 6.45) is 2.06. The summed E-state index contributed by atoms with van der Waals surface area (Å²) in [4.78, 5) is 31.1. The summed E-state index contributed by atoms with van der Waals surface area (Å²) in [5.41, 5.74) is 5.88. The standard InChI is InChI=1S/C22H24F2N4O3/c1-3-4-8-18(29)26-16-7-5-6-15(13-16)22(19(30)28(2)21(25)27-22)14-9-11-17(12-10-14)31-20(23)24/h5-7,9-13,20H,3-4,8H2,1-2H3,(H2,25,27)(H,26,29). The number of ether oxygens (including phenoxy) is 1. The van der Waals surface area contributed by atoms with E-state index in [1.807, 2.05) is 6.92 Å². The zero-order valence-corrected chi connectivity index (χ0v) is 17.3. The van der Waals surface area contributed by atoms with E-state index in [2.05, 4.69) is 15.0 Å². The number of halogens is 2. The van der Waals surface area contributed by atoms with Crippen molar-refractivity contribution in [1.82, 2.24) is 4.90 Å². The number of anilines is 1. The quantitative estimate of drug-likeness (QED) is 0.670. The summed E-state index contributed by atoms with van der Waals surface area (Å²) in [6.45, 7) is -0.958. The molecule has 164 valence electrons. The van der Waals surface area contributed by atoms with Crippen LogP contribution in [0.3, 0.4) is 0 Å². The fraction of sp³-hybridized carbons (Fsp3) is 0.318. The minimum absolute atomic E-state index is 0.0234. The van der Waals surface area contributed by atoms with Crippen molar-refractivity contribution in [2.75, 3.05) is 12.4 Å². The zero-order valence-electron chi connectivity index (χ0n) is 17.3. The normalized spacial score (nSPS) is 18.3. The number of aliphatic imine (C=N–C) groups is 1. The third-order valence-electron chi connectivity index (χ3n) is 5.06. The van der Waals surface area contributed by atoms with Crippen LogP contribution in [0.2, 0.25) is 0 Å². The Morgan fingerprint density at radius 1 is 1.23 bits per heavy atom. The van der Waals surface area contributed by atoms with Gasteiger partial charge in [-0.2, -0.15) is 8.78 Å². The van der Waals surface area contributed by atoms with Crippen molar-refractivity contribution < 1.29 is 23.1 Å². The maximum Gasteiger partial charge on any atom is 0.387 e. The minimum atomic E-state index is -2.96. The molecule has 3 N–H and O–H groups in total. The smallest absolute Gasteiger partial charge is 0.387 e. The second kappa shape index (κ2) is 9.11. The number of carbonyl (C=O) groups is 2. The zero-order chi connectivity index (χ0) is 22.6. The van der Waals surface area contributed by atoms with Gasteiger partial charge in [-0.1, -0.05) is 37.6 Å². The first-order chi connectivity index (χ1) is 14.8. The second-order valence-corrected chi connectivity index (χ2v) is 7.18. The molecule has 0 spiro atoms. The van der Waals surface area contributed by atoms with Gasteiger partial charge < -0.3 is 15.8 Å². The molecule has 31 heavy (non-hydrogen) atoms. The number of carbonyl (C=O) groups excluding carboxylic acids is 2. The molecule has 0 saturated heterocycles. The van der Waals surface area contributed by atoms with Crippen molar-refractivity contribution in [3.8, 4) is 5.75 Å². The molecule has 0 saturated carbocycles. The molecule has 0 bridgehead atoms. The van der Waals surface area contributed by atoms with Gasteiger partial charge in [-0.25, -0.2) is 4.99 Å². The average molecular weight is 430 g/mol. The number of amides is 2. The first-order valence-electron chi connectivity index (χ1n) is 9.87. The van der Waals surface area contributed by atoms with E-state index in [0.29, 0.717) is 23.2 Å². The van der Waals surface area contributed by atoms with Crippen LogP contribution in [0.1, 0.15) is 37.3 Å². The number of hydrogen-bond donors (Lipinski definition) is 2. The van der Waals surface area contributed by atoms with Gasteiger partial charge in [-0.3, -0.25) is 14.5 Å². The highest BCUT2D eigenvalue weighted by Gasteiger charge is 2.49. The number of unbranched alkanes of at least 4 members (excludes halogenated alkanes) is 1. The third kappa shape index (κ3) is 4.50. The molecular weight excluding hydrogens is 406 g/mol. The van der Waals surface area contributed by atoms with Crippen molar-refractivity contribution in [2.45, 2.75) is 38.3 Å². The lowest BCUT2D eigenvalue weighted by molar-refractivity contribution is -0.129. The summed E-state index contributed by atoms with van der Waals surface area (Å²) < 4.78 is 29.4. The molecular formula is C22H24F2N4O3. The van der Waals surface area contributed by atoms with E-state index < -0.39 is 18.1 Å². The Morgan fingerprint density at radius 3 is 2.52 bits per heavy atom. The highest BCUT2D eigenvalue weighted by atomic mass is 19.3. The predicted molar refractivity (Wildman–Crippen MR) is 113 cm³/mol. The van der Waals surface area contributed by atoms with Crippen molar-refractivity contribution in [2.24, 2.45) is 10.7 Å². The lowest BCUT2D eigenvalue weighted by Crippen LogP contribution is -2.41. The summed E-state index contributed by atoms with van der Waals surface area (Å²) in [5.74, 6) is -0.543. The second-order valence-electron chi connectivity index (χ2n) is 7.18. The monoisotopic (exact) mass is 430 g/mol. The number of nitrogens with one attached hydrogen (secondary N) is 1. The Kier molecular flexibility index (Phi) is 6.53. The van der Waals surface area contributed by atoms with Gasteiger partial charge in [0.2, 0.25) is 5.91 Å². The average Bonchev–Trinajstić information content (AvgIpc) is 2.97. The van der Waals surface area contributed by atoms with Gasteiger partial charge in [0, 0.05) is 19.2 Å². The van der Waals surface area contributed by atoms with Crippen LogP contribution in [0, 0.1) is 0 Å². The molecule has 1 heterocycles.